The van der Waals surface area contributed by atoms with Gasteiger partial charge >= 0.3 is 0 Å². The molecule has 0 aliphatic heterocycles. The van der Waals surface area contributed by atoms with E-state index in [2.05, 4.69) is 15.0 Å². The van der Waals surface area contributed by atoms with Gasteiger partial charge in [0.15, 0.2) is 0 Å². The second kappa shape index (κ2) is 7.27. The van der Waals surface area contributed by atoms with E-state index in [0.717, 1.165) is 16.6 Å². The van der Waals surface area contributed by atoms with Crippen molar-refractivity contribution in [3.8, 4) is 0 Å². The van der Waals surface area contributed by atoms with Gasteiger partial charge in [-0.25, -0.2) is 18.1 Å². The molecule has 1 heterocycles. The number of fused-ring (bicyclic) bond motifs is 1. The first-order chi connectivity index (χ1) is 12.4. The molecule has 3 aromatic rings. The van der Waals surface area contributed by atoms with Crippen molar-refractivity contribution in [1.29, 1.82) is 0 Å². The Kier molecular flexibility index (Phi) is 5.06. The van der Waals surface area contributed by atoms with Gasteiger partial charge in [-0.3, -0.25) is 4.79 Å². The van der Waals surface area contributed by atoms with Gasteiger partial charge in [-0.15, -0.1) is 0 Å². The SMILES string of the molecule is CNS(=O)(=O)c1ccc(CNC(=O)[C@H](C)n2cnc3ccccc32)cc1. The maximum atomic E-state index is 12.5. The molecule has 0 bridgehead atoms. The number of amides is 1. The summed E-state index contributed by atoms with van der Waals surface area (Å²) >= 11 is 0. The maximum absolute atomic E-state index is 12.5. The molecule has 2 aromatic carbocycles. The molecular formula is C18H20N4O3S. The van der Waals surface area contributed by atoms with Gasteiger partial charge in [-0.05, 0) is 43.8 Å². The van der Waals surface area contributed by atoms with E-state index in [4.69, 9.17) is 0 Å². The minimum Gasteiger partial charge on any atom is -0.350 e. The number of carbonyl (C=O) groups is 1. The molecule has 0 saturated heterocycles. The lowest BCUT2D eigenvalue weighted by Gasteiger charge is -2.15. The van der Waals surface area contributed by atoms with E-state index in [1.54, 1.807) is 18.5 Å². The molecule has 2 N–H and O–H groups in total. The Morgan fingerprint density at radius 3 is 2.54 bits per heavy atom. The Morgan fingerprint density at radius 2 is 1.85 bits per heavy atom. The van der Waals surface area contributed by atoms with E-state index in [9.17, 15) is 13.2 Å². The number of nitrogens with one attached hydrogen (secondary N) is 2. The molecule has 0 aliphatic carbocycles. The van der Waals surface area contributed by atoms with E-state index < -0.39 is 16.1 Å². The zero-order valence-corrected chi connectivity index (χ0v) is 15.3. The molecular weight excluding hydrogens is 352 g/mol. The summed E-state index contributed by atoms with van der Waals surface area (Å²) in [5, 5.41) is 2.87. The lowest BCUT2D eigenvalue weighted by molar-refractivity contribution is -0.123. The monoisotopic (exact) mass is 372 g/mol. The Morgan fingerprint density at radius 1 is 1.15 bits per heavy atom. The van der Waals surface area contributed by atoms with Crippen molar-refractivity contribution in [2.75, 3.05) is 7.05 Å². The molecule has 0 unspecified atom stereocenters. The first kappa shape index (κ1) is 18.1. The number of sulfonamides is 1. The van der Waals surface area contributed by atoms with Gasteiger partial charge in [0.2, 0.25) is 15.9 Å². The number of hydrogen-bond donors (Lipinski definition) is 2. The van der Waals surface area contributed by atoms with Crippen LogP contribution in [-0.2, 0) is 21.4 Å². The average molecular weight is 372 g/mol. The van der Waals surface area contributed by atoms with Crippen LogP contribution >= 0.6 is 0 Å². The number of aromatic nitrogens is 2. The Hall–Kier alpha value is -2.71. The summed E-state index contributed by atoms with van der Waals surface area (Å²) in [5.41, 5.74) is 2.56. The second-order valence-electron chi connectivity index (χ2n) is 5.89. The van der Waals surface area contributed by atoms with Gasteiger partial charge in [-0.2, -0.15) is 0 Å². The lowest BCUT2D eigenvalue weighted by Crippen LogP contribution is -2.30. The molecule has 1 amide bonds. The van der Waals surface area contributed by atoms with Crippen LogP contribution < -0.4 is 10.0 Å². The smallest absolute Gasteiger partial charge is 0.243 e. The first-order valence-corrected chi connectivity index (χ1v) is 9.62. The summed E-state index contributed by atoms with van der Waals surface area (Å²) in [7, 11) is -2.09. The highest BCUT2D eigenvalue weighted by Crippen LogP contribution is 2.17. The van der Waals surface area contributed by atoms with Crippen LogP contribution in [0.25, 0.3) is 11.0 Å². The van der Waals surface area contributed by atoms with E-state index in [1.165, 1.54) is 19.2 Å². The number of para-hydroxylation sites is 2. The van der Waals surface area contributed by atoms with Crippen LogP contribution in [0.2, 0.25) is 0 Å². The van der Waals surface area contributed by atoms with Gasteiger partial charge < -0.3 is 9.88 Å². The van der Waals surface area contributed by atoms with Gasteiger partial charge in [0.1, 0.15) is 6.04 Å². The topological polar surface area (TPSA) is 93.1 Å². The van der Waals surface area contributed by atoms with Gasteiger partial charge in [0, 0.05) is 6.54 Å². The third-order valence-corrected chi connectivity index (χ3v) is 5.68. The number of carbonyl (C=O) groups excluding carboxylic acids is 1. The summed E-state index contributed by atoms with van der Waals surface area (Å²) in [6.07, 6.45) is 1.66. The Bertz CT molecular complexity index is 1030. The summed E-state index contributed by atoms with van der Waals surface area (Å²) in [5.74, 6) is -0.139. The second-order valence-corrected chi connectivity index (χ2v) is 7.77. The maximum Gasteiger partial charge on any atom is 0.243 e. The summed E-state index contributed by atoms with van der Waals surface area (Å²) in [6, 6.07) is 13.6. The minimum atomic E-state index is -3.46. The third-order valence-electron chi connectivity index (χ3n) is 4.25. The third kappa shape index (κ3) is 3.61. The highest BCUT2D eigenvalue weighted by atomic mass is 32.2. The normalized spacial score (nSPS) is 12.8. The van der Waals surface area contributed by atoms with E-state index in [-0.39, 0.29) is 10.8 Å². The molecule has 3 rings (SSSR count). The van der Waals surface area contributed by atoms with E-state index in [1.807, 2.05) is 35.8 Å². The zero-order valence-electron chi connectivity index (χ0n) is 14.5. The van der Waals surface area contributed by atoms with Gasteiger partial charge in [-0.1, -0.05) is 24.3 Å². The molecule has 1 aromatic heterocycles. The van der Waals surface area contributed by atoms with E-state index >= 15 is 0 Å². The highest BCUT2D eigenvalue weighted by Gasteiger charge is 2.17. The molecule has 8 heteroatoms. The minimum absolute atomic E-state index is 0.139. The average Bonchev–Trinajstić information content (AvgIpc) is 3.10. The molecule has 136 valence electrons. The van der Waals surface area contributed by atoms with E-state index in [0.29, 0.717) is 6.54 Å². The fraction of sp³-hybridized carbons (Fsp3) is 0.222. The number of rotatable bonds is 6. The van der Waals surface area contributed by atoms with Gasteiger partial charge in [0.05, 0.1) is 22.3 Å². The molecule has 1 atom stereocenters. The molecule has 0 saturated carbocycles. The largest absolute Gasteiger partial charge is 0.350 e. The molecule has 0 radical (unpaired) electrons. The summed E-state index contributed by atoms with van der Waals surface area (Å²) in [6.45, 7) is 2.13. The molecule has 0 spiro atoms. The van der Waals surface area contributed by atoms with Crippen LogP contribution in [0.1, 0.15) is 18.5 Å². The van der Waals surface area contributed by atoms with Crippen LogP contribution in [-0.4, -0.2) is 30.9 Å². The van der Waals surface area contributed by atoms with Crippen molar-refractivity contribution in [3.63, 3.8) is 0 Å². The van der Waals surface area contributed by atoms with Crippen molar-refractivity contribution in [2.45, 2.75) is 24.4 Å². The molecule has 26 heavy (non-hydrogen) atoms. The summed E-state index contributed by atoms with van der Waals surface area (Å²) < 4.78 is 27.5. The summed E-state index contributed by atoms with van der Waals surface area (Å²) in [4.78, 5) is 17.0. The van der Waals surface area contributed by atoms with Crippen LogP contribution in [0.3, 0.4) is 0 Å². The predicted molar refractivity (Wildman–Crippen MR) is 99.0 cm³/mol. The standard InChI is InChI=1S/C18H20N4O3S/c1-13(22-12-21-16-5-3-4-6-17(16)22)18(23)20-11-14-7-9-15(10-8-14)26(24,25)19-2/h3-10,12-13,19H,11H2,1-2H3,(H,20,23)/t13-/m0/s1. The predicted octanol–water partition coefficient (Wildman–Crippen LogP) is 1.82. The first-order valence-electron chi connectivity index (χ1n) is 8.14. The Labute approximate surface area is 152 Å². The van der Waals surface area contributed by atoms with Crippen molar-refractivity contribution < 1.29 is 13.2 Å². The Balaban J connectivity index is 1.67. The fourth-order valence-electron chi connectivity index (χ4n) is 2.65. The number of hydrogen-bond acceptors (Lipinski definition) is 4. The molecule has 0 fully saturated rings. The highest BCUT2D eigenvalue weighted by molar-refractivity contribution is 7.89. The van der Waals surface area contributed by atoms with Crippen molar-refractivity contribution in [2.24, 2.45) is 0 Å². The van der Waals surface area contributed by atoms with Crippen LogP contribution in [0.5, 0.6) is 0 Å². The van der Waals surface area contributed by atoms with Gasteiger partial charge in [0.25, 0.3) is 0 Å². The number of nitrogens with zero attached hydrogens (tertiary/aromatic N) is 2. The van der Waals surface area contributed by atoms with Crippen LogP contribution in [0.15, 0.2) is 59.8 Å². The van der Waals surface area contributed by atoms with Crippen molar-refractivity contribution >= 4 is 27.0 Å². The fourth-order valence-corrected chi connectivity index (χ4v) is 3.38. The lowest BCUT2D eigenvalue weighted by atomic mass is 10.2. The number of imidazole rings is 1. The quantitative estimate of drug-likeness (QED) is 0.690. The van der Waals surface area contributed by atoms with Crippen LogP contribution in [0.4, 0.5) is 0 Å². The number of benzene rings is 2. The molecule has 7 nitrogen and oxygen atoms in total. The zero-order chi connectivity index (χ0) is 18.7. The van der Waals surface area contributed by atoms with Crippen LogP contribution in [0, 0.1) is 0 Å². The van der Waals surface area contributed by atoms with Crippen molar-refractivity contribution in [3.05, 3.63) is 60.4 Å². The molecule has 0 aliphatic rings. The van der Waals surface area contributed by atoms with Crippen molar-refractivity contribution in [1.82, 2.24) is 19.6 Å².